The van der Waals surface area contributed by atoms with Crippen LogP contribution in [0.25, 0.3) is 10.9 Å². The highest BCUT2D eigenvalue weighted by Crippen LogP contribution is 2.24. The number of rotatable bonds is 11. The number of anilines is 1. The first-order valence-electron chi connectivity index (χ1n) is 14.2. The normalized spacial score (nSPS) is 11.9. The van der Waals surface area contributed by atoms with Crippen LogP contribution in [0.4, 0.5) is 23.8 Å². The van der Waals surface area contributed by atoms with E-state index in [1.807, 2.05) is 0 Å². The molecular weight excluding hydrogens is 605 g/mol. The molecule has 0 saturated carbocycles. The van der Waals surface area contributed by atoms with Crippen molar-refractivity contribution >= 4 is 34.6 Å². The van der Waals surface area contributed by atoms with Gasteiger partial charge in [0.15, 0.2) is 11.9 Å². The van der Waals surface area contributed by atoms with Gasteiger partial charge in [0.05, 0.1) is 13.1 Å². The average molecular weight is 639 g/mol. The number of aromatic nitrogens is 3. The van der Waals surface area contributed by atoms with Crippen molar-refractivity contribution in [2.24, 2.45) is 0 Å². The second-order valence-electron chi connectivity index (χ2n) is 10.8. The van der Waals surface area contributed by atoms with Gasteiger partial charge >= 0.3 is 6.09 Å². The molecule has 0 saturated heterocycles. The van der Waals surface area contributed by atoms with E-state index in [9.17, 15) is 32.3 Å². The Morgan fingerprint density at radius 2 is 1.70 bits per heavy atom. The van der Waals surface area contributed by atoms with Crippen LogP contribution in [0.2, 0.25) is 0 Å². The predicted molar refractivity (Wildman–Crippen MR) is 165 cm³/mol. The van der Waals surface area contributed by atoms with Crippen LogP contribution in [0.1, 0.15) is 24.1 Å². The summed E-state index contributed by atoms with van der Waals surface area (Å²) in [7, 11) is 6.07. The molecule has 4 rings (SSSR count). The van der Waals surface area contributed by atoms with Crippen molar-refractivity contribution in [1.82, 2.24) is 23.9 Å². The van der Waals surface area contributed by atoms with E-state index < -0.39 is 41.1 Å². The zero-order chi connectivity index (χ0) is 33.5. The van der Waals surface area contributed by atoms with E-state index in [0.717, 1.165) is 17.0 Å². The molecule has 0 radical (unpaired) electrons. The first-order chi connectivity index (χ1) is 21.8. The third kappa shape index (κ3) is 8.20. The van der Waals surface area contributed by atoms with E-state index in [1.54, 1.807) is 30.8 Å². The van der Waals surface area contributed by atoms with Gasteiger partial charge in [0.2, 0.25) is 5.91 Å². The minimum absolute atomic E-state index is 0.0141. The van der Waals surface area contributed by atoms with Crippen LogP contribution < -0.4 is 10.9 Å². The molecule has 2 aromatic heterocycles. The van der Waals surface area contributed by atoms with Gasteiger partial charge in [0, 0.05) is 68.8 Å². The fraction of sp³-hybridized carbons (Fsp3) is 0.281. The Labute approximate surface area is 262 Å². The second kappa shape index (κ2) is 14.6. The number of hydrogen-bond donors (Lipinski definition) is 1. The lowest BCUT2D eigenvalue weighted by Gasteiger charge is -2.19. The number of likely N-dealkylation sites (N-methyl/N-ethyl adjacent to an activating group) is 1. The Morgan fingerprint density at radius 3 is 2.39 bits per heavy atom. The zero-order valence-corrected chi connectivity index (χ0v) is 25.7. The highest BCUT2D eigenvalue weighted by atomic mass is 19.1. The summed E-state index contributed by atoms with van der Waals surface area (Å²) in [6, 6.07) is 8.95. The maximum Gasteiger partial charge on any atom is 0.410 e. The Kier molecular flexibility index (Phi) is 10.6. The number of benzene rings is 2. The third-order valence-electron chi connectivity index (χ3n) is 6.98. The van der Waals surface area contributed by atoms with E-state index >= 15 is 0 Å². The van der Waals surface area contributed by atoms with Gasteiger partial charge in [-0.25, -0.2) is 22.9 Å². The number of nitrogens with one attached hydrogen (secondary N) is 1. The van der Waals surface area contributed by atoms with Gasteiger partial charge in [-0.05, 0) is 49.2 Å². The molecule has 0 aliphatic rings. The minimum Gasteiger partial charge on any atom is -0.436 e. The van der Waals surface area contributed by atoms with Crippen molar-refractivity contribution < 1.29 is 32.3 Å². The van der Waals surface area contributed by atoms with E-state index in [2.05, 4.69) is 10.3 Å². The molecule has 2 heterocycles. The number of nitrogens with zero attached hydrogens (tertiary/aromatic N) is 5. The molecule has 242 valence electrons. The summed E-state index contributed by atoms with van der Waals surface area (Å²) in [5.41, 5.74) is 0.536. The number of halogens is 3. The van der Waals surface area contributed by atoms with Gasteiger partial charge < -0.3 is 29.0 Å². The van der Waals surface area contributed by atoms with Gasteiger partial charge in [0.25, 0.3) is 11.5 Å². The number of ether oxygens (including phenoxy) is 1. The van der Waals surface area contributed by atoms with Crippen LogP contribution in [0, 0.1) is 17.5 Å². The molecular formula is C32H33F3N6O5. The first kappa shape index (κ1) is 33.5. The lowest BCUT2D eigenvalue weighted by Crippen LogP contribution is -2.38. The molecule has 1 atom stereocenters. The lowest BCUT2D eigenvalue weighted by atomic mass is 10.1. The molecule has 11 nitrogen and oxygen atoms in total. The zero-order valence-electron chi connectivity index (χ0n) is 25.7. The predicted octanol–water partition coefficient (Wildman–Crippen LogP) is 4.14. The molecule has 14 heteroatoms. The van der Waals surface area contributed by atoms with Gasteiger partial charge in [-0.3, -0.25) is 14.4 Å². The summed E-state index contributed by atoms with van der Waals surface area (Å²) in [6.07, 6.45) is 3.68. The van der Waals surface area contributed by atoms with E-state index in [4.69, 9.17) is 4.74 Å². The molecule has 0 bridgehead atoms. The SMILES string of the molecule is CN(C)C(=O)C=CCCC(OC(=O)N(C)C)C(=O)Nc1nccn(Cc2cc3cc(F)ccc3n2Cc2ccc(F)cc2F)c1=O. The number of amides is 3. The Morgan fingerprint density at radius 1 is 0.978 bits per heavy atom. The van der Waals surface area contributed by atoms with Crippen LogP contribution in [-0.4, -0.2) is 76.1 Å². The van der Waals surface area contributed by atoms with E-state index in [1.165, 1.54) is 66.3 Å². The molecule has 0 fully saturated rings. The molecule has 4 aromatic rings. The number of carbonyl (C=O) groups excluding carboxylic acids is 3. The van der Waals surface area contributed by atoms with Crippen molar-refractivity contribution in [2.75, 3.05) is 33.5 Å². The molecule has 2 aromatic carbocycles. The summed E-state index contributed by atoms with van der Waals surface area (Å²) >= 11 is 0. The number of carbonyl (C=O) groups is 3. The van der Waals surface area contributed by atoms with Crippen LogP contribution in [0.3, 0.4) is 0 Å². The average Bonchev–Trinajstić information content (AvgIpc) is 3.32. The molecule has 1 unspecified atom stereocenters. The molecule has 0 aliphatic carbocycles. The van der Waals surface area contributed by atoms with Crippen molar-refractivity contribution in [3.63, 3.8) is 0 Å². The Bertz CT molecular complexity index is 1850. The quantitative estimate of drug-likeness (QED) is 0.247. The summed E-state index contributed by atoms with van der Waals surface area (Å²) in [6.45, 7) is -0.111. The topological polar surface area (TPSA) is 119 Å². The monoisotopic (exact) mass is 638 g/mol. The molecule has 0 spiro atoms. The van der Waals surface area contributed by atoms with E-state index in [-0.39, 0.29) is 43.2 Å². The van der Waals surface area contributed by atoms with Gasteiger partial charge in [-0.1, -0.05) is 12.1 Å². The highest BCUT2D eigenvalue weighted by Gasteiger charge is 2.25. The molecule has 1 N–H and O–H groups in total. The van der Waals surface area contributed by atoms with Gasteiger partial charge in [-0.15, -0.1) is 0 Å². The van der Waals surface area contributed by atoms with Gasteiger partial charge in [0.1, 0.15) is 17.5 Å². The summed E-state index contributed by atoms with van der Waals surface area (Å²) < 4.78 is 50.4. The van der Waals surface area contributed by atoms with Crippen LogP contribution in [-0.2, 0) is 27.4 Å². The smallest absolute Gasteiger partial charge is 0.410 e. The maximum atomic E-state index is 14.6. The van der Waals surface area contributed by atoms with E-state index in [0.29, 0.717) is 16.6 Å². The fourth-order valence-corrected chi connectivity index (χ4v) is 4.52. The van der Waals surface area contributed by atoms with Crippen LogP contribution in [0.5, 0.6) is 0 Å². The van der Waals surface area contributed by atoms with Crippen molar-refractivity contribution in [2.45, 2.75) is 32.0 Å². The highest BCUT2D eigenvalue weighted by molar-refractivity contribution is 5.94. The van der Waals surface area contributed by atoms with Crippen molar-refractivity contribution in [3.05, 3.63) is 106 Å². The number of fused-ring (bicyclic) bond motifs is 1. The Balaban J connectivity index is 1.60. The summed E-state index contributed by atoms with van der Waals surface area (Å²) in [5.74, 6) is -3.37. The lowest BCUT2D eigenvalue weighted by molar-refractivity contribution is -0.125. The first-order valence-corrected chi connectivity index (χ1v) is 14.2. The maximum absolute atomic E-state index is 14.6. The molecule has 46 heavy (non-hydrogen) atoms. The number of allylic oxidation sites excluding steroid dienone is 1. The minimum atomic E-state index is -1.31. The Hall–Kier alpha value is -5.40. The second-order valence-corrected chi connectivity index (χ2v) is 10.8. The van der Waals surface area contributed by atoms with Crippen molar-refractivity contribution in [3.8, 4) is 0 Å². The van der Waals surface area contributed by atoms with Crippen molar-refractivity contribution in [1.29, 1.82) is 0 Å². The third-order valence-corrected chi connectivity index (χ3v) is 6.98. The standard InChI is InChI=1S/C32H33F3N6O5/c1-38(2)28(42)8-6-5-7-27(46-32(45)39(3)4)30(43)37-29-31(44)40(14-13-36-29)19-24-16-21-15-22(33)11-12-26(21)41(24)18-20-9-10-23(34)17-25(20)35/h6,8-17,27H,5,7,18-19H2,1-4H3,(H,36,37,43). The largest absolute Gasteiger partial charge is 0.436 e. The van der Waals surface area contributed by atoms with Crippen LogP contribution >= 0.6 is 0 Å². The number of hydrogen-bond acceptors (Lipinski definition) is 6. The molecule has 3 amide bonds. The fourth-order valence-electron chi connectivity index (χ4n) is 4.52. The summed E-state index contributed by atoms with van der Waals surface area (Å²) in [5, 5.41) is 2.93. The van der Waals surface area contributed by atoms with Gasteiger partial charge in [-0.2, -0.15) is 0 Å². The van der Waals surface area contributed by atoms with Crippen LogP contribution in [0.15, 0.2) is 71.8 Å². The molecule has 0 aliphatic heterocycles. The summed E-state index contributed by atoms with van der Waals surface area (Å²) in [4.78, 5) is 57.2.